The molecule has 5 atom stereocenters. The Morgan fingerprint density at radius 2 is 1.62 bits per heavy atom. The third kappa shape index (κ3) is 4.26. The molecule has 146 valence electrons. The lowest BCUT2D eigenvalue weighted by Gasteiger charge is -2.39. The molecule has 1 fully saturated rings. The lowest BCUT2D eigenvalue weighted by molar-refractivity contribution is -0.277. The van der Waals surface area contributed by atoms with Crippen molar-refractivity contribution in [3.8, 4) is 17.2 Å². The maximum absolute atomic E-state index is 10.1. The van der Waals surface area contributed by atoms with Gasteiger partial charge in [0, 0.05) is 0 Å². The molecule has 0 unspecified atom stereocenters. The second-order valence-electron chi connectivity index (χ2n) is 5.65. The topological polar surface area (TPSA) is 138 Å². The second-order valence-corrected chi connectivity index (χ2v) is 5.65. The maximum atomic E-state index is 10.1. The van der Waals surface area contributed by atoms with E-state index in [4.69, 9.17) is 24.1 Å². The minimum absolute atomic E-state index is 0.112. The summed E-state index contributed by atoms with van der Waals surface area (Å²) in [4.78, 5) is 0. The zero-order valence-electron chi connectivity index (χ0n) is 14.5. The predicted octanol–water partition coefficient (Wildman–Crippen LogP) is -1.11. The molecule has 0 spiro atoms. The average Bonchev–Trinajstić information content (AvgIpc) is 2.66. The molecule has 0 aliphatic carbocycles. The van der Waals surface area contributed by atoms with Gasteiger partial charge in [-0.3, -0.25) is 0 Å². The fourth-order valence-corrected chi connectivity index (χ4v) is 2.58. The number of rotatable bonds is 7. The molecule has 0 saturated carbocycles. The number of aliphatic hydroxyl groups is 5. The van der Waals surface area contributed by atoms with Crippen LogP contribution in [0.3, 0.4) is 0 Å². The van der Waals surface area contributed by atoms with Crippen LogP contribution in [0.25, 0.3) is 6.08 Å². The molecule has 5 N–H and O–H groups in total. The van der Waals surface area contributed by atoms with Gasteiger partial charge in [0.2, 0.25) is 12.0 Å². The Hall–Kier alpha value is -1.88. The normalized spacial score (nSPS) is 29.0. The van der Waals surface area contributed by atoms with E-state index in [1.165, 1.54) is 20.3 Å². The molecule has 0 aromatic heterocycles. The van der Waals surface area contributed by atoms with Crippen molar-refractivity contribution in [3.63, 3.8) is 0 Å². The highest BCUT2D eigenvalue weighted by Gasteiger charge is 2.45. The van der Waals surface area contributed by atoms with Crippen molar-refractivity contribution in [3.05, 3.63) is 23.8 Å². The van der Waals surface area contributed by atoms with E-state index in [1.54, 1.807) is 18.2 Å². The van der Waals surface area contributed by atoms with Crippen LogP contribution in [0, 0.1) is 0 Å². The third-order valence-electron chi connectivity index (χ3n) is 3.98. The van der Waals surface area contributed by atoms with Crippen LogP contribution in [0.1, 0.15) is 5.56 Å². The summed E-state index contributed by atoms with van der Waals surface area (Å²) in [6.07, 6.45) is -3.88. The largest absolute Gasteiger partial charge is 0.493 e. The number of ether oxygens (including phenoxy) is 4. The van der Waals surface area contributed by atoms with Gasteiger partial charge >= 0.3 is 0 Å². The van der Waals surface area contributed by atoms with Crippen LogP contribution in [0.4, 0.5) is 0 Å². The summed E-state index contributed by atoms with van der Waals surface area (Å²) in [6, 6.07) is 3.24. The first-order valence-electron chi connectivity index (χ1n) is 7.97. The van der Waals surface area contributed by atoms with E-state index in [9.17, 15) is 20.4 Å². The molecule has 2 rings (SSSR count). The van der Waals surface area contributed by atoms with Crippen LogP contribution in [0.5, 0.6) is 17.2 Å². The molecule has 9 nitrogen and oxygen atoms in total. The fraction of sp³-hybridized carbons (Fsp3) is 0.529. The molecule has 1 aliphatic heterocycles. The van der Waals surface area contributed by atoms with Gasteiger partial charge in [0.15, 0.2) is 11.5 Å². The van der Waals surface area contributed by atoms with Crippen molar-refractivity contribution in [2.45, 2.75) is 30.7 Å². The summed E-state index contributed by atoms with van der Waals surface area (Å²) in [5.41, 5.74) is 0.675. The number of methoxy groups -OCH3 is 2. The summed E-state index contributed by atoms with van der Waals surface area (Å²) in [5.74, 6) is 0.637. The summed E-state index contributed by atoms with van der Waals surface area (Å²) in [5, 5.41) is 48.0. The van der Waals surface area contributed by atoms with Crippen molar-refractivity contribution in [2.24, 2.45) is 0 Å². The first kappa shape index (κ1) is 20.4. The SMILES string of the molecule is COc1cc(C=CCO)cc(OC)c1O[C@H]1O[C@H](CO)[C@H](O)[C@H](O)[C@H]1O. The summed E-state index contributed by atoms with van der Waals surface area (Å²) >= 11 is 0. The Morgan fingerprint density at radius 3 is 2.12 bits per heavy atom. The molecular formula is C17H24O9. The van der Waals surface area contributed by atoms with E-state index in [-0.39, 0.29) is 23.9 Å². The van der Waals surface area contributed by atoms with Gasteiger partial charge < -0.3 is 44.5 Å². The number of aliphatic hydroxyl groups excluding tert-OH is 5. The Labute approximate surface area is 150 Å². The fourth-order valence-electron chi connectivity index (χ4n) is 2.58. The predicted molar refractivity (Wildman–Crippen MR) is 90.1 cm³/mol. The minimum atomic E-state index is -1.56. The van der Waals surface area contributed by atoms with Crippen LogP contribution < -0.4 is 14.2 Å². The van der Waals surface area contributed by atoms with Crippen LogP contribution >= 0.6 is 0 Å². The van der Waals surface area contributed by atoms with Crippen molar-refractivity contribution in [1.82, 2.24) is 0 Å². The van der Waals surface area contributed by atoms with Gasteiger partial charge in [0.25, 0.3) is 0 Å². The molecule has 9 heteroatoms. The molecule has 1 saturated heterocycles. The summed E-state index contributed by atoms with van der Waals surface area (Å²) in [7, 11) is 2.82. The van der Waals surface area contributed by atoms with Gasteiger partial charge in [0.1, 0.15) is 24.4 Å². The van der Waals surface area contributed by atoms with Crippen molar-refractivity contribution >= 4 is 6.08 Å². The molecule has 0 radical (unpaired) electrons. The third-order valence-corrected chi connectivity index (χ3v) is 3.98. The van der Waals surface area contributed by atoms with Crippen molar-refractivity contribution < 1.29 is 44.5 Å². The second kappa shape index (κ2) is 9.17. The van der Waals surface area contributed by atoms with E-state index in [1.807, 2.05) is 0 Å². The lowest BCUT2D eigenvalue weighted by atomic mass is 9.99. The summed E-state index contributed by atoms with van der Waals surface area (Å²) in [6.45, 7) is -0.697. The van der Waals surface area contributed by atoms with Crippen LogP contribution in [0.15, 0.2) is 18.2 Å². The van der Waals surface area contributed by atoms with E-state index < -0.39 is 37.3 Å². The first-order valence-corrected chi connectivity index (χ1v) is 7.97. The Kier molecular flexibility index (Phi) is 7.21. The van der Waals surface area contributed by atoms with Gasteiger partial charge in [-0.2, -0.15) is 0 Å². The number of benzene rings is 1. The smallest absolute Gasteiger partial charge is 0.229 e. The van der Waals surface area contributed by atoms with E-state index in [0.717, 1.165) is 0 Å². The molecule has 0 amide bonds. The van der Waals surface area contributed by atoms with Crippen LogP contribution in [-0.4, -0.2) is 83.7 Å². The molecule has 0 bridgehead atoms. The highest BCUT2D eigenvalue weighted by Crippen LogP contribution is 2.40. The zero-order chi connectivity index (χ0) is 19.3. The van der Waals surface area contributed by atoms with Crippen molar-refractivity contribution in [2.75, 3.05) is 27.4 Å². The van der Waals surface area contributed by atoms with Crippen molar-refractivity contribution in [1.29, 1.82) is 0 Å². The highest BCUT2D eigenvalue weighted by molar-refractivity contribution is 5.62. The van der Waals surface area contributed by atoms with Gasteiger partial charge in [0.05, 0.1) is 27.4 Å². The average molecular weight is 372 g/mol. The lowest BCUT2D eigenvalue weighted by Crippen LogP contribution is -2.60. The standard InChI is InChI=1S/C17H24O9/c1-23-10-6-9(4-3-5-18)7-11(24-2)16(10)26-17-15(22)14(21)13(20)12(8-19)25-17/h3-4,6-7,12-15,17-22H,5,8H2,1-2H3/t12-,13+,14+,15-,17-/m1/s1. The molecule has 1 aromatic carbocycles. The molecular weight excluding hydrogens is 348 g/mol. The summed E-state index contributed by atoms with van der Waals surface area (Å²) < 4.78 is 21.6. The zero-order valence-corrected chi connectivity index (χ0v) is 14.5. The maximum Gasteiger partial charge on any atom is 0.229 e. The van der Waals surface area contributed by atoms with Gasteiger partial charge in [-0.25, -0.2) is 0 Å². The quantitative estimate of drug-likeness (QED) is 0.403. The Balaban J connectivity index is 2.33. The Morgan fingerprint density at radius 1 is 1.00 bits per heavy atom. The molecule has 1 aliphatic rings. The Bertz CT molecular complexity index is 591. The van der Waals surface area contributed by atoms with Crippen LogP contribution in [0.2, 0.25) is 0 Å². The van der Waals surface area contributed by atoms with E-state index in [2.05, 4.69) is 0 Å². The van der Waals surface area contributed by atoms with Gasteiger partial charge in [-0.1, -0.05) is 12.2 Å². The molecule has 26 heavy (non-hydrogen) atoms. The van der Waals surface area contributed by atoms with Gasteiger partial charge in [-0.15, -0.1) is 0 Å². The van der Waals surface area contributed by atoms with Crippen LogP contribution in [-0.2, 0) is 4.74 Å². The minimum Gasteiger partial charge on any atom is -0.493 e. The monoisotopic (exact) mass is 372 g/mol. The first-order chi connectivity index (χ1) is 12.5. The molecule has 1 aromatic rings. The number of hydrogen-bond donors (Lipinski definition) is 5. The molecule has 1 heterocycles. The van der Waals surface area contributed by atoms with Gasteiger partial charge in [-0.05, 0) is 17.7 Å². The number of hydrogen-bond acceptors (Lipinski definition) is 9. The highest BCUT2D eigenvalue weighted by atomic mass is 16.7. The van der Waals surface area contributed by atoms with E-state index in [0.29, 0.717) is 5.56 Å². The van der Waals surface area contributed by atoms with E-state index >= 15 is 0 Å².